The highest BCUT2D eigenvalue weighted by Crippen LogP contribution is 2.64. The van der Waals surface area contributed by atoms with Crippen LogP contribution in [0.25, 0.3) is 0 Å². The number of likely N-dealkylation sites (tertiary alicyclic amines) is 1. The molecule has 0 aromatic heterocycles. The molecule has 3 aliphatic heterocycles. The van der Waals surface area contributed by atoms with Crippen molar-refractivity contribution in [1.82, 2.24) is 15.5 Å². The van der Waals surface area contributed by atoms with Gasteiger partial charge in [-0.05, 0) is 44.9 Å². The molecule has 2 unspecified atom stereocenters. The third-order valence-corrected chi connectivity index (χ3v) is 7.34. The number of carbonyl (C=O) groups is 3. The van der Waals surface area contributed by atoms with E-state index in [4.69, 9.17) is 9.84 Å². The standard InChI is InChI=1S/C22H37N3O5/c1-4-6-12-24-19(28)17-22-11-10-21(5-2,30-22)15(18(27)23-3)16(22)20(29)25(17)13-8-7-9-14-26/h15-17,26H,4-14H2,1-3H3,(H,23,27)(H,24,28)/t15-,16-,17?,21+,22?/m0/s1. The minimum Gasteiger partial charge on any atom is -0.396 e. The van der Waals surface area contributed by atoms with Gasteiger partial charge in [-0.25, -0.2) is 0 Å². The second kappa shape index (κ2) is 9.22. The summed E-state index contributed by atoms with van der Waals surface area (Å²) in [4.78, 5) is 41.4. The van der Waals surface area contributed by atoms with Crippen molar-refractivity contribution >= 4 is 17.7 Å². The molecular weight excluding hydrogens is 386 g/mol. The number of ether oxygens (including phenoxy) is 1. The number of amides is 3. The van der Waals surface area contributed by atoms with Crippen LogP contribution in [0.4, 0.5) is 0 Å². The van der Waals surface area contributed by atoms with Gasteiger partial charge in [-0.1, -0.05) is 20.3 Å². The molecule has 3 amide bonds. The average Bonchev–Trinajstić information content (AvgIpc) is 3.34. The zero-order chi connectivity index (χ0) is 21.9. The van der Waals surface area contributed by atoms with Crippen LogP contribution in [0.3, 0.4) is 0 Å². The van der Waals surface area contributed by atoms with Crippen LogP contribution in [0.15, 0.2) is 0 Å². The molecule has 0 aromatic rings. The number of rotatable bonds is 11. The first-order valence-electron chi connectivity index (χ1n) is 11.5. The number of nitrogens with one attached hydrogen (secondary N) is 2. The lowest BCUT2D eigenvalue weighted by Crippen LogP contribution is -2.55. The van der Waals surface area contributed by atoms with E-state index >= 15 is 0 Å². The van der Waals surface area contributed by atoms with E-state index in [1.54, 1.807) is 11.9 Å². The fourth-order valence-corrected chi connectivity index (χ4v) is 5.87. The van der Waals surface area contributed by atoms with E-state index in [0.29, 0.717) is 45.2 Å². The molecule has 8 nitrogen and oxygen atoms in total. The van der Waals surface area contributed by atoms with Crippen LogP contribution in [0.2, 0.25) is 0 Å². The number of hydrogen-bond donors (Lipinski definition) is 3. The Bertz CT molecular complexity index is 671. The highest BCUT2D eigenvalue weighted by molar-refractivity contribution is 5.99. The summed E-state index contributed by atoms with van der Waals surface area (Å²) in [5, 5.41) is 14.8. The third kappa shape index (κ3) is 3.51. The Morgan fingerprint density at radius 2 is 1.93 bits per heavy atom. The molecule has 0 aromatic carbocycles. The molecule has 3 saturated heterocycles. The van der Waals surface area contributed by atoms with Crippen molar-refractivity contribution in [2.45, 2.75) is 82.5 Å². The van der Waals surface area contributed by atoms with Gasteiger partial charge in [-0.2, -0.15) is 0 Å². The topological polar surface area (TPSA) is 108 Å². The Morgan fingerprint density at radius 1 is 1.17 bits per heavy atom. The molecule has 3 N–H and O–H groups in total. The number of hydrogen-bond acceptors (Lipinski definition) is 5. The van der Waals surface area contributed by atoms with Crippen molar-refractivity contribution in [1.29, 1.82) is 0 Å². The van der Waals surface area contributed by atoms with Crippen molar-refractivity contribution in [3.63, 3.8) is 0 Å². The second-order valence-corrected chi connectivity index (χ2v) is 8.91. The van der Waals surface area contributed by atoms with Crippen molar-refractivity contribution in [2.75, 3.05) is 26.7 Å². The number of aliphatic hydroxyl groups is 1. The molecule has 8 heteroatoms. The number of fused-ring (bicyclic) bond motifs is 1. The van der Waals surface area contributed by atoms with Gasteiger partial charge in [0.15, 0.2) is 0 Å². The zero-order valence-electron chi connectivity index (χ0n) is 18.5. The van der Waals surface area contributed by atoms with Gasteiger partial charge in [-0.3, -0.25) is 14.4 Å². The molecule has 5 atom stereocenters. The Kier molecular flexibility index (Phi) is 7.07. The smallest absolute Gasteiger partial charge is 0.245 e. The molecule has 3 fully saturated rings. The summed E-state index contributed by atoms with van der Waals surface area (Å²) in [5.41, 5.74) is -1.61. The summed E-state index contributed by atoms with van der Waals surface area (Å²) in [6.07, 6.45) is 5.93. The van der Waals surface area contributed by atoms with E-state index in [0.717, 1.165) is 19.3 Å². The van der Waals surface area contributed by atoms with Crippen molar-refractivity contribution in [2.24, 2.45) is 11.8 Å². The monoisotopic (exact) mass is 423 g/mol. The molecule has 2 bridgehead atoms. The molecule has 3 heterocycles. The minimum atomic E-state index is -0.933. The highest BCUT2D eigenvalue weighted by Gasteiger charge is 2.78. The van der Waals surface area contributed by atoms with Gasteiger partial charge in [-0.15, -0.1) is 0 Å². The summed E-state index contributed by atoms with van der Waals surface area (Å²) in [7, 11) is 1.59. The number of carbonyl (C=O) groups excluding carboxylic acids is 3. The molecule has 0 saturated carbocycles. The van der Waals surface area contributed by atoms with Crippen LogP contribution in [0, 0.1) is 11.8 Å². The summed E-state index contributed by atoms with van der Waals surface area (Å²) in [5.74, 6) is -1.68. The van der Waals surface area contributed by atoms with E-state index in [1.807, 2.05) is 6.92 Å². The van der Waals surface area contributed by atoms with Crippen molar-refractivity contribution in [3.8, 4) is 0 Å². The third-order valence-electron chi connectivity index (χ3n) is 7.34. The Hall–Kier alpha value is -1.67. The molecule has 170 valence electrons. The fraction of sp³-hybridized carbons (Fsp3) is 0.864. The van der Waals surface area contributed by atoms with E-state index < -0.39 is 29.1 Å². The van der Waals surface area contributed by atoms with Crippen LogP contribution in [0.5, 0.6) is 0 Å². The minimum absolute atomic E-state index is 0.113. The summed E-state index contributed by atoms with van der Waals surface area (Å²) >= 11 is 0. The largest absolute Gasteiger partial charge is 0.396 e. The van der Waals surface area contributed by atoms with Crippen molar-refractivity contribution < 1.29 is 24.2 Å². The van der Waals surface area contributed by atoms with Crippen LogP contribution in [-0.2, 0) is 19.1 Å². The van der Waals surface area contributed by atoms with Gasteiger partial charge in [0.1, 0.15) is 11.6 Å². The van der Waals surface area contributed by atoms with Crippen molar-refractivity contribution in [3.05, 3.63) is 0 Å². The SMILES string of the molecule is CCCCNC(=O)C1N(CCCCCO)C(=O)[C@@H]2[C@@H](C(=O)NC)[C@@]3(CC)CCC12O3. The predicted octanol–water partition coefficient (Wildman–Crippen LogP) is 0.966. The first-order valence-corrected chi connectivity index (χ1v) is 11.5. The number of nitrogens with zero attached hydrogens (tertiary/aromatic N) is 1. The summed E-state index contributed by atoms with van der Waals surface area (Å²) < 4.78 is 6.60. The Labute approximate surface area is 179 Å². The zero-order valence-corrected chi connectivity index (χ0v) is 18.5. The van der Waals surface area contributed by atoms with Crippen LogP contribution in [0.1, 0.15) is 65.2 Å². The summed E-state index contributed by atoms with van der Waals surface area (Å²) in [6.45, 7) is 5.17. The lowest BCUT2D eigenvalue weighted by atomic mass is 9.65. The molecule has 3 aliphatic rings. The number of aliphatic hydroxyl groups excluding tert-OH is 1. The van der Waals surface area contributed by atoms with E-state index in [2.05, 4.69) is 17.6 Å². The molecule has 0 aliphatic carbocycles. The maximum Gasteiger partial charge on any atom is 0.245 e. The lowest BCUT2D eigenvalue weighted by Gasteiger charge is -2.33. The van der Waals surface area contributed by atoms with Gasteiger partial charge < -0.3 is 25.4 Å². The lowest BCUT2D eigenvalue weighted by molar-refractivity contribution is -0.147. The maximum absolute atomic E-state index is 13.6. The first kappa shape index (κ1) is 23.0. The van der Waals surface area contributed by atoms with E-state index in [-0.39, 0.29) is 24.3 Å². The van der Waals surface area contributed by atoms with Crippen LogP contribution < -0.4 is 10.6 Å². The average molecular weight is 424 g/mol. The predicted molar refractivity (Wildman–Crippen MR) is 111 cm³/mol. The maximum atomic E-state index is 13.6. The Balaban J connectivity index is 1.93. The molecule has 1 spiro atoms. The summed E-state index contributed by atoms with van der Waals surface area (Å²) in [6, 6.07) is -0.705. The normalized spacial score (nSPS) is 34.3. The van der Waals surface area contributed by atoms with Crippen LogP contribution in [-0.4, -0.2) is 71.7 Å². The van der Waals surface area contributed by atoms with E-state index in [1.165, 1.54) is 0 Å². The van der Waals surface area contributed by atoms with Crippen LogP contribution >= 0.6 is 0 Å². The molecule has 30 heavy (non-hydrogen) atoms. The molecular formula is C22H37N3O5. The second-order valence-electron chi connectivity index (χ2n) is 8.91. The quantitative estimate of drug-likeness (QED) is 0.429. The molecule has 0 radical (unpaired) electrons. The number of unbranched alkanes of at least 4 members (excludes halogenated alkanes) is 3. The Morgan fingerprint density at radius 3 is 2.57 bits per heavy atom. The van der Waals surface area contributed by atoms with Gasteiger partial charge in [0.2, 0.25) is 17.7 Å². The van der Waals surface area contributed by atoms with E-state index in [9.17, 15) is 14.4 Å². The van der Waals surface area contributed by atoms with Gasteiger partial charge in [0, 0.05) is 26.7 Å². The fourth-order valence-electron chi connectivity index (χ4n) is 5.87. The van der Waals surface area contributed by atoms with Gasteiger partial charge >= 0.3 is 0 Å². The van der Waals surface area contributed by atoms with Gasteiger partial charge in [0.05, 0.1) is 17.4 Å². The highest BCUT2D eigenvalue weighted by atomic mass is 16.5. The first-order chi connectivity index (χ1) is 14.4. The van der Waals surface area contributed by atoms with Gasteiger partial charge in [0.25, 0.3) is 0 Å². The molecule has 3 rings (SSSR count).